The van der Waals surface area contributed by atoms with Crippen LogP contribution in [0.4, 0.5) is 0 Å². The van der Waals surface area contributed by atoms with Crippen molar-refractivity contribution in [1.82, 2.24) is 15.3 Å². The molecule has 1 saturated heterocycles. The highest BCUT2D eigenvalue weighted by molar-refractivity contribution is 7.99. The average Bonchev–Trinajstić information content (AvgIpc) is 1.97. The van der Waals surface area contributed by atoms with Crippen molar-refractivity contribution in [3.63, 3.8) is 0 Å². The standard InChI is InChI=1S/C8H11N3S.ClH/c1-6-2-3-10-8(11-6)12-7-4-9-5-7;/h2-3,7,9H,4-5H2,1H3;1H. The van der Waals surface area contributed by atoms with Crippen LogP contribution in [0.2, 0.25) is 0 Å². The quantitative estimate of drug-likeness (QED) is 0.758. The monoisotopic (exact) mass is 217 g/mol. The highest BCUT2D eigenvalue weighted by Crippen LogP contribution is 2.21. The van der Waals surface area contributed by atoms with Crippen LogP contribution in [0.25, 0.3) is 0 Å². The predicted octanol–water partition coefficient (Wildman–Crippen LogP) is 1.27. The van der Waals surface area contributed by atoms with Crippen molar-refractivity contribution in [3.05, 3.63) is 18.0 Å². The fourth-order valence-corrected chi connectivity index (χ4v) is 2.00. The van der Waals surface area contributed by atoms with Crippen LogP contribution in [0.3, 0.4) is 0 Å². The van der Waals surface area contributed by atoms with Gasteiger partial charge in [0, 0.05) is 30.2 Å². The van der Waals surface area contributed by atoms with Crippen molar-refractivity contribution in [2.45, 2.75) is 17.3 Å². The number of halogens is 1. The Hall–Kier alpha value is -0.320. The van der Waals surface area contributed by atoms with Gasteiger partial charge in [0.1, 0.15) is 0 Å². The van der Waals surface area contributed by atoms with Gasteiger partial charge in [-0.3, -0.25) is 0 Å². The summed E-state index contributed by atoms with van der Waals surface area (Å²) in [5.41, 5.74) is 1.04. The maximum Gasteiger partial charge on any atom is 0.188 e. The Labute approximate surface area is 88.2 Å². The molecule has 0 radical (unpaired) electrons. The zero-order chi connectivity index (χ0) is 8.39. The molecule has 3 nitrogen and oxygen atoms in total. The Kier molecular flexibility index (Phi) is 3.96. The fourth-order valence-electron chi connectivity index (χ4n) is 0.977. The minimum absolute atomic E-state index is 0. The van der Waals surface area contributed by atoms with E-state index in [9.17, 15) is 0 Å². The minimum atomic E-state index is 0. The van der Waals surface area contributed by atoms with E-state index in [1.165, 1.54) is 0 Å². The minimum Gasteiger partial charge on any atom is -0.314 e. The first-order chi connectivity index (χ1) is 5.84. The van der Waals surface area contributed by atoms with Gasteiger partial charge in [-0.2, -0.15) is 0 Å². The smallest absolute Gasteiger partial charge is 0.188 e. The molecule has 72 valence electrons. The van der Waals surface area contributed by atoms with Crippen LogP contribution >= 0.6 is 24.2 Å². The number of rotatable bonds is 2. The molecule has 1 N–H and O–H groups in total. The summed E-state index contributed by atoms with van der Waals surface area (Å²) in [5, 5.41) is 4.80. The van der Waals surface area contributed by atoms with Gasteiger partial charge in [0.05, 0.1) is 0 Å². The summed E-state index contributed by atoms with van der Waals surface area (Å²) in [5.74, 6) is 0. The van der Waals surface area contributed by atoms with Crippen LogP contribution in [0.1, 0.15) is 5.69 Å². The van der Waals surface area contributed by atoms with Gasteiger partial charge in [-0.1, -0.05) is 11.8 Å². The average molecular weight is 218 g/mol. The van der Waals surface area contributed by atoms with E-state index >= 15 is 0 Å². The molecule has 0 unspecified atom stereocenters. The van der Waals surface area contributed by atoms with Gasteiger partial charge in [-0.25, -0.2) is 9.97 Å². The largest absolute Gasteiger partial charge is 0.314 e. The molecular formula is C8H12ClN3S. The fraction of sp³-hybridized carbons (Fsp3) is 0.500. The molecule has 0 amide bonds. The number of nitrogens with zero attached hydrogens (tertiary/aromatic N) is 2. The first-order valence-electron chi connectivity index (χ1n) is 4.01. The lowest BCUT2D eigenvalue weighted by molar-refractivity contribution is 0.542. The van der Waals surface area contributed by atoms with Crippen LogP contribution in [0.15, 0.2) is 17.4 Å². The third-order valence-corrected chi connectivity index (χ3v) is 2.86. The number of aromatic nitrogens is 2. The van der Waals surface area contributed by atoms with E-state index in [2.05, 4.69) is 15.3 Å². The molecule has 1 aliphatic rings. The van der Waals surface area contributed by atoms with E-state index in [-0.39, 0.29) is 12.4 Å². The zero-order valence-corrected chi connectivity index (χ0v) is 8.99. The van der Waals surface area contributed by atoms with Gasteiger partial charge >= 0.3 is 0 Å². The van der Waals surface area contributed by atoms with Gasteiger partial charge in [-0.05, 0) is 13.0 Å². The van der Waals surface area contributed by atoms with Gasteiger partial charge in [0.25, 0.3) is 0 Å². The van der Waals surface area contributed by atoms with E-state index in [0.717, 1.165) is 23.9 Å². The number of hydrogen-bond acceptors (Lipinski definition) is 4. The molecule has 2 rings (SSSR count). The van der Waals surface area contributed by atoms with Crippen LogP contribution in [0.5, 0.6) is 0 Å². The molecule has 1 aliphatic heterocycles. The van der Waals surface area contributed by atoms with Gasteiger partial charge in [0.15, 0.2) is 5.16 Å². The number of nitrogens with one attached hydrogen (secondary N) is 1. The van der Waals surface area contributed by atoms with Gasteiger partial charge in [-0.15, -0.1) is 12.4 Å². The Morgan fingerprint density at radius 1 is 1.54 bits per heavy atom. The SMILES string of the molecule is Cc1ccnc(SC2CNC2)n1.Cl. The van der Waals surface area contributed by atoms with Gasteiger partial charge in [0.2, 0.25) is 0 Å². The van der Waals surface area contributed by atoms with Crippen molar-refractivity contribution in [1.29, 1.82) is 0 Å². The lowest BCUT2D eigenvalue weighted by Gasteiger charge is -2.25. The van der Waals surface area contributed by atoms with Gasteiger partial charge < -0.3 is 5.32 Å². The summed E-state index contributed by atoms with van der Waals surface area (Å²) in [6.07, 6.45) is 1.82. The molecule has 0 bridgehead atoms. The summed E-state index contributed by atoms with van der Waals surface area (Å²) >= 11 is 1.76. The van der Waals surface area contributed by atoms with Crippen molar-refractivity contribution in [2.24, 2.45) is 0 Å². The van der Waals surface area contributed by atoms with Crippen molar-refractivity contribution >= 4 is 24.2 Å². The third kappa shape index (κ3) is 2.83. The lowest BCUT2D eigenvalue weighted by Crippen LogP contribution is -2.44. The van der Waals surface area contributed by atoms with Crippen molar-refractivity contribution < 1.29 is 0 Å². The van der Waals surface area contributed by atoms with Crippen LogP contribution < -0.4 is 5.32 Å². The lowest BCUT2D eigenvalue weighted by atomic mass is 10.3. The van der Waals surface area contributed by atoms with E-state index in [4.69, 9.17) is 0 Å². The Morgan fingerprint density at radius 2 is 2.31 bits per heavy atom. The number of thioether (sulfide) groups is 1. The summed E-state index contributed by atoms with van der Waals surface area (Å²) in [7, 11) is 0. The van der Waals surface area contributed by atoms with E-state index in [1.807, 2.05) is 19.2 Å². The number of hydrogen-bond donors (Lipinski definition) is 1. The Bertz CT molecular complexity index is 278. The molecule has 0 spiro atoms. The summed E-state index contributed by atoms with van der Waals surface area (Å²) in [4.78, 5) is 8.50. The predicted molar refractivity (Wildman–Crippen MR) is 56.5 cm³/mol. The molecule has 13 heavy (non-hydrogen) atoms. The summed E-state index contributed by atoms with van der Waals surface area (Å²) in [6, 6.07) is 1.92. The third-order valence-electron chi connectivity index (χ3n) is 1.79. The molecule has 0 atom stereocenters. The van der Waals surface area contributed by atoms with Crippen LogP contribution in [-0.4, -0.2) is 28.3 Å². The molecule has 1 fully saturated rings. The maximum atomic E-state index is 4.32. The highest BCUT2D eigenvalue weighted by atomic mass is 35.5. The molecule has 2 heterocycles. The van der Waals surface area contributed by atoms with Crippen LogP contribution in [-0.2, 0) is 0 Å². The van der Waals surface area contributed by atoms with Crippen molar-refractivity contribution in [2.75, 3.05) is 13.1 Å². The van der Waals surface area contributed by atoms with E-state index in [0.29, 0.717) is 5.25 Å². The normalized spacial score (nSPS) is 16.1. The Balaban J connectivity index is 0.000000845. The summed E-state index contributed by atoms with van der Waals surface area (Å²) < 4.78 is 0. The molecule has 1 aromatic rings. The first kappa shape index (κ1) is 10.8. The molecule has 0 aliphatic carbocycles. The van der Waals surface area contributed by atoms with Crippen molar-refractivity contribution in [3.8, 4) is 0 Å². The topological polar surface area (TPSA) is 37.8 Å². The first-order valence-corrected chi connectivity index (χ1v) is 4.89. The molecule has 1 aromatic heterocycles. The molecule has 0 aromatic carbocycles. The second-order valence-electron chi connectivity index (χ2n) is 2.88. The molecule has 5 heteroatoms. The second kappa shape index (κ2) is 4.79. The second-order valence-corrected chi connectivity index (χ2v) is 4.15. The molecular weight excluding hydrogens is 206 g/mol. The van der Waals surface area contributed by atoms with E-state index in [1.54, 1.807) is 11.8 Å². The Morgan fingerprint density at radius 3 is 2.85 bits per heavy atom. The molecule has 0 saturated carbocycles. The highest BCUT2D eigenvalue weighted by Gasteiger charge is 2.18. The van der Waals surface area contributed by atoms with Crippen LogP contribution in [0, 0.1) is 6.92 Å². The number of aryl methyl sites for hydroxylation is 1. The maximum absolute atomic E-state index is 4.32. The van der Waals surface area contributed by atoms with E-state index < -0.39 is 0 Å². The summed E-state index contributed by atoms with van der Waals surface area (Å²) in [6.45, 7) is 4.16. The zero-order valence-electron chi connectivity index (χ0n) is 7.36.